The van der Waals surface area contributed by atoms with Crippen LogP contribution >= 0.6 is 0 Å². The standard InChI is InChI=1S/C15H21N3O2/c1-10-2-3-13-12(8-10)9-14(17-16-13)18-6-4-11(5-7-18)15(19)20/h9-11H,2-8H2,1H3,(H,19,20). The van der Waals surface area contributed by atoms with Crippen molar-refractivity contribution in [2.75, 3.05) is 18.0 Å². The minimum Gasteiger partial charge on any atom is -0.481 e. The van der Waals surface area contributed by atoms with Gasteiger partial charge in [0.05, 0.1) is 11.6 Å². The fourth-order valence-corrected chi connectivity index (χ4v) is 3.20. The lowest BCUT2D eigenvalue weighted by Crippen LogP contribution is -2.37. The SMILES string of the molecule is CC1CCc2nnc(N3CCC(C(=O)O)CC3)cc2C1. The summed E-state index contributed by atoms with van der Waals surface area (Å²) in [4.78, 5) is 13.2. The van der Waals surface area contributed by atoms with Crippen LogP contribution in [0, 0.1) is 11.8 Å². The van der Waals surface area contributed by atoms with Crippen molar-refractivity contribution in [3.8, 4) is 0 Å². The molecule has 0 spiro atoms. The number of aliphatic carboxylic acids is 1. The zero-order chi connectivity index (χ0) is 14.1. The molecule has 5 nitrogen and oxygen atoms in total. The van der Waals surface area contributed by atoms with Gasteiger partial charge in [-0.2, -0.15) is 5.10 Å². The molecule has 1 aromatic rings. The first-order valence-corrected chi connectivity index (χ1v) is 7.46. The van der Waals surface area contributed by atoms with Crippen LogP contribution in [-0.4, -0.2) is 34.4 Å². The van der Waals surface area contributed by atoms with Crippen molar-refractivity contribution in [1.82, 2.24) is 10.2 Å². The van der Waals surface area contributed by atoms with Gasteiger partial charge in [0.2, 0.25) is 0 Å². The molecule has 1 N–H and O–H groups in total. The maximum Gasteiger partial charge on any atom is 0.306 e. The number of carboxylic acid groups (broad SMARTS) is 1. The molecule has 3 rings (SSSR count). The number of anilines is 1. The molecule has 1 unspecified atom stereocenters. The lowest BCUT2D eigenvalue weighted by molar-refractivity contribution is -0.142. The molecule has 1 aliphatic carbocycles. The van der Waals surface area contributed by atoms with Crippen LogP contribution in [0.3, 0.4) is 0 Å². The fourth-order valence-electron chi connectivity index (χ4n) is 3.20. The number of hydrogen-bond donors (Lipinski definition) is 1. The Morgan fingerprint density at radius 3 is 2.75 bits per heavy atom. The van der Waals surface area contributed by atoms with E-state index in [1.54, 1.807) is 0 Å². The highest BCUT2D eigenvalue weighted by Crippen LogP contribution is 2.27. The summed E-state index contributed by atoms with van der Waals surface area (Å²) < 4.78 is 0. The van der Waals surface area contributed by atoms with Crippen LogP contribution in [0.4, 0.5) is 5.82 Å². The molecule has 5 heteroatoms. The second-order valence-corrected chi connectivity index (χ2v) is 6.12. The number of rotatable bonds is 2. The molecular weight excluding hydrogens is 254 g/mol. The third-order valence-corrected chi connectivity index (χ3v) is 4.56. The largest absolute Gasteiger partial charge is 0.481 e. The maximum atomic E-state index is 11.0. The molecule has 1 aromatic heterocycles. The summed E-state index contributed by atoms with van der Waals surface area (Å²) in [6, 6.07) is 2.17. The number of aryl methyl sites for hydroxylation is 1. The third-order valence-electron chi connectivity index (χ3n) is 4.56. The fraction of sp³-hybridized carbons (Fsp3) is 0.667. The van der Waals surface area contributed by atoms with Crippen LogP contribution in [0.1, 0.15) is 37.4 Å². The second-order valence-electron chi connectivity index (χ2n) is 6.12. The van der Waals surface area contributed by atoms with Crippen molar-refractivity contribution in [2.45, 2.75) is 39.0 Å². The Kier molecular flexibility index (Phi) is 3.59. The minimum atomic E-state index is -0.671. The Morgan fingerprint density at radius 1 is 1.30 bits per heavy atom. The number of fused-ring (bicyclic) bond motifs is 1. The lowest BCUT2D eigenvalue weighted by Gasteiger charge is -2.31. The van der Waals surface area contributed by atoms with Crippen LogP contribution < -0.4 is 4.90 Å². The predicted octanol–water partition coefficient (Wildman–Crippen LogP) is 1.90. The van der Waals surface area contributed by atoms with Crippen LogP contribution in [0.2, 0.25) is 0 Å². The zero-order valence-corrected chi connectivity index (χ0v) is 11.9. The zero-order valence-electron chi connectivity index (χ0n) is 11.9. The third kappa shape index (κ3) is 2.62. The van der Waals surface area contributed by atoms with E-state index >= 15 is 0 Å². The Bertz CT molecular complexity index is 510. The molecular formula is C15H21N3O2. The lowest BCUT2D eigenvalue weighted by atomic mass is 9.88. The molecule has 0 aromatic carbocycles. The van der Waals surface area contributed by atoms with Gasteiger partial charge in [-0.15, -0.1) is 5.10 Å². The number of carbonyl (C=O) groups is 1. The van der Waals surface area contributed by atoms with E-state index in [0.717, 1.165) is 43.4 Å². The molecule has 1 saturated heterocycles. The molecule has 0 bridgehead atoms. The molecule has 1 aliphatic heterocycles. The molecule has 1 fully saturated rings. The molecule has 1 atom stereocenters. The highest BCUT2D eigenvalue weighted by atomic mass is 16.4. The summed E-state index contributed by atoms with van der Waals surface area (Å²) in [5, 5.41) is 17.7. The summed E-state index contributed by atoms with van der Waals surface area (Å²) >= 11 is 0. The van der Waals surface area contributed by atoms with Crippen molar-refractivity contribution in [2.24, 2.45) is 11.8 Å². The van der Waals surface area contributed by atoms with E-state index in [1.165, 1.54) is 12.0 Å². The Hall–Kier alpha value is -1.65. The van der Waals surface area contributed by atoms with E-state index in [-0.39, 0.29) is 5.92 Å². The first-order chi connectivity index (χ1) is 9.63. The van der Waals surface area contributed by atoms with Gasteiger partial charge in [-0.25, -0.2) is 0 Å². The highest BCUT2D eigenvalue weighted by molar-refractivity contribution is 5.70. The van der Waals surface area contributed by atoms with Gasteiger partial charge < -0.3 is 10.0 Å². The molecule has 0 radical (unpaired) electrons. The topological polar surface area (TPSA) is 66.3 Å². The van der Waals surface area contributed by atoms with Crippen LogP contribution in [0.15, 0.2) is 6.07 Å². The number of carboxylic acids is 1. The summed E-state index contributed by atoms with van der Waals surface area (Å²) in [5.74, 6) is 0.769. The Labute approximate surface area is 119 Å². The number of nitrogens with zero attached hydrogens (tertiary/aromatic N) is 3. The van der Waals surface area contributed by atoms with Gasteiger partial charge in [-0.1, -0.05) is 6.92 Å². The van der Waals surface area contributed by atoms with Crippen molar-refractivity contribution in [1.29, 1.82) is 0 Å². The summed E-state index contributed by atoms with van der Waals surface area (Å²) in [6.07, 6.45) is 4.72. The smallest absolute Gasteiger partial charge is 0.306 e. The van der Waals surface area contributed by atoms with Gasteiger partial charge in [0.25, 0.3) is 0 Å². The van der Waals surface area contributed by atoms with E-state index in [0.29, 0.717) is 12.8 Å². The summed E-state index contributed by atoms with van der Waals surface area (Å²) in [7, 11) is 0. The molecule has 0 amide bonds. The monoisotopic (exact) mass is 275 g/mol. The van der Waals surface area contributed by atoms with Gasteiger partial charge in [0, 0.05) is 13.1 Å². The van der Waals surface area contributed by atoms with Gasteiger partial charge in [0.1, 0.15) is 0 Å². The quantitative estimate of drug-likeness (QED) is 0.893. The van der Waals surface area contributed by atoms with Gasteiger partial charge in [-0.05, 0) is 49.7 Å². The number of piperidine rings is 1. The van der Waals surface area contributed by atoms with Crippen molar-refractivity contribution < 1.29 is 9.90 Å². The molecule has 2 heterocycles. The summed E-state index contributed by atoms with van der Waals surface area (Å²) in [6.45, 7) is 3.81. The van der Waals surface area contributed by atoms with E-state index in [1.807, 2.05) is 0 Å². The first kappa shape index (κ1) is 13.3. The highest BCUT2D eigenvalue weighted by Gasteiger charge is 2.26. The van der Waals surface area contributed by atoms with Crippen LogP contribution in [0.5, 0.6) is 0 Å². The molecule has 2 aliphatic rings. The number of aromatic nitrogens is 2. The average Bonchev–Trinajstić information content (AvgIpc) is 2.46. The minimum absolute atomic E-state index is 0.197. The van der Waals surface area contributed by atoms with E-state index in [4.69, 9.17) is 5.11 Å². The van der Waals surface area contributed by atoms with Gasteiger partial charge in [-0.3, -0.25) is 4.79 Å². The first-order valence-electron chi connectivity index (χ1n) is 7.46. The average molecular weight is 275 g/mol. The van der Waals surface area contributed by atoms with E-state index in [9.17, 15) is 4.79 Å². The Balaban J connectivity index is 1.72. The second kappa shape index (κ2) is 5.38. The molecule has 108 valence electrons. The molecule has 0 saturated carbocycles. The van der Waals surface area contributed by atoms with Crippen molar-refractivity contribution in [3.63, 3.8) is 0 Å². The van der Waals surface area contributed by atoms with Crippen LogP contribution in [0.25, 0.3) is 0 Å². The summed E-state index contributed by atoms with van der Waals surface area (Å²) in [5.41, 5.74) is 2.47. The number of hydrogen-bond acceptors (Lipinski definition) is 4. The molecule has 20 heavy (non-hydrogen) atoms. The maximum absolute atomic E-state index is 11.0. The van der Waals surface area contributed by atoms with Crippen molar-refractivity contribution >= 4 is 11.8 Å². The predicted molar refractivity (Wildman–Crippen MR) is 75.8 cm³/mol. The van der Waals surface area contributed by atoms with Crippen molar-refractivity contribution in [3.05, 3.63) is 17.3 Å². The van der Waals surface area contributed by atoms with E-state index < -0.39 is 5.97 Å². The Morgan fingerprint density at radius 2 is 2.05 bits per heavy atom. The van der Waals surface area contributed by atoms with Crippen LogP contribution in [-0.2, 0) is 17.6 Å². The van der Waals surface area contributed by atoms with E-state index in [2.05, 4.69) is 28.1 Å². The van der Waals surface area contributed by atoms with Gasteiger partial charge in [0.15, 0.2) is 5.82 Å². The normalized spacial score (nSPS) is 23.4. The van der Waals surface area contributed by atoms with Gasteiger partial charge >= 0.3 is 5.97 Å².